The molecule has 146 valence electrons. The number of pyridine rings is 1. The van der Waals surface area contributed by atoms with Crippen molar-refractivity contribution in [3.8, 4) is 11.4 Å². The van der Waals surface area contributed by atoms with Gasteiger partial charge >= 0.3 is 5.97 Å². The molecule has 0 aliphatic heterocycles. The van der Waals surface area contributed by atoms with Gasteiger partial charge in [-0.25, -0.2) is 14.4 Å². The van der Waals surface area contributed by atoms with Gasteiger partial charge in [0.2, 0.25) is 0 Å². The van der Waals surface area contributed by atoms with Crippen LogP contribution in [0.1, 0.15) is 25.7 Å². The Bertz CT molecular complexity index is 1050. The molecular formula is C20H22FN5O2. The molecule has 0 spiro atoms. The predicted octanol–water partition coefficient (Wildman–Crippen LogP) is 3.40. The molecule has 3 aliphatic rings. The first-order valence-electron chi connectivity index (χ1n) is 9.67. The van der Waals surface area contributed by atoms with Crippen LogP contribution in [-0.4, -0.2) is 36.6 Å². The van der Waals surface area contributed by atoms with Crippen LogP contribution in [0.15, 0.2) is 24.7 Å². The van der Waals surface area contributed by atoms with Gasteiger partial charge < -0.3 is 20.0 Å². The van der Waals surface area contributed by atoms with Crippen LogP contribution >= 0.6 is 0 Å². The highest BCUT2D eigenvalue weighted by Crippen LogP contribution is 2.46. The highest BCUT2D eigenvalue weighted by molar-refractivity contribution is 5.92. The number of aromatic nitrogens is 4. The van der Waals surface area contributed by atoms with Crippen LogP contribution in [0, 0.1) is 23.6 Å². The van der Waals surface area contributed by atoms with Crippen molar-refractivity contribution in [1.29, 1.82) is 0 Å². The highest BCUT2D eigenvalue weighted by atomic mass is 19.1. The molecule has 1 unspecified atom stereocenters. The number of nitrogens with zero attached hydrogens (tertiary/aromatic N) is 3. The van der Waals surface area contributed by atoms with Crippen molar-refractivity contribution < 1.29 is 14.3 Å². The Morgan fingerprint density at radius 3 is 2.82 bits per heavy atom. The number of aryl methyl sites for hydroxylation is 1. The van der Waals surface area contributed by atoms with Crippen molar-refractivity contribution in [3.05, 3.63) is 30.5 Å². The minimum Gasteiger partial charge on any atom is -0.481 e. The number of hydrogen-bond acceptors (Lipinski definition) is 4. The molecule has 3 aromatic rings. The van der Waals surface area contributed by atoms with Crippen LogP contribution < -0.4 is 5.32 Å². The van der Waals surface area contributed by atoms with E-state index in [0.717, 1.165) is 31.2 Å². The second kappa shape index (κ2) is 6.32. The fourth-order valence-corrected chi connectivity index (χ4v) is 5.13. The third kappa shape index (κ3) is 2.66. The summed E-state index contributed by atoms with van der Waals surface area (Å²) in [5.41, 5.74) is 1.36. The highest BCUT2D eigenvalue weighted by Gasteiger charge is 2.47. The van der Waals surface area contributed by atoms with Gasteiger partial charge in [-0.1, -0.05) is 0 Å². The number of hydrogen-bond donors (Lipinski definition) is 3. The molecule has 28 heavy (non-hydrogen) atoms. The maximum absolute atomic E-state index is 13.7. The molecule has 7 nitrogen and oxygen atoms in total. The quantitative estimate of drug-likeness (QED) is 0.642. The molecule has 0 saturated heterocycles. The van der Waals surface area contributed by atoms with Gasteiger partial charge in [0, 0.05) is 36.4 Å². The molecule has 2 atom stereocenters. The number of fused-ring (bicyclic) bond motifs is 4. The number of imidazole rings is 1. The summed E-state index contributed by atoms with van der Waals surface area (Å²) >= 11 is 0. The summed E-state index contributed by atoms with van der Waals surface area (Å²) in [5.74, 6) is 0.441. The normalized spacial score (nSPS) is 26.6. The zero-order valence-electron chi connectivity index (χ0n) is 15.5. The standard InChI is InChI=1S/C20H22FN5O2/c1-26-9-15(24-17-11-4-2-10(3-5-11)16(17)20(27)28)25-19(26)14-8-23-18-13(14)6-12(21)7-22-18/h6-11,16-17,24H,2-5H2,1H3,(H,22,23)(H,27,28)/t10?,11?,16-,17?/m0/s1. The van der Waals surface area contributed by atoms with Crippen LogP contribution in [-0.2, 0) is 11.8 Å². The van der Waals surface area contributed by atoms with E-state index in [2.05, 4.69) is 15.3 Å². The van der Waals surface area contributed by atoms with E-state index < -0.39 is 11.8 Å². The fourth-order valence-electron chi connectivity index (χ4n) is 5.13. The number of carbonyl (C=O) groups is 1. The maximum Gasteiger partial charge on any atom is 0.308 e. The molecule has 6 rings (SSSR count). The van der Waals surface area contributed by atoms with Gasteiger partial charge in [-0.3, -0.25) is 4.79 Å². The number of carboxylic acid groups (broad SMARTS) is 1. The number of H-pyrrole nitrogens is 1. The zero-order valence-corrected chi connectivity index (χ0v) is 15.5. The number of aromatic amines is 1. The van der Waals surface area contributed by atoms with Crippen LogP contribution in [0.4, 0.5) is 10.2 Å². The smallest absolute Gasteiger partial charge is 0.308 e. The first kappa shape index (κ1) is 17.2. The Hall–Kier alpha value is -2.90. The van der Waals surface area contributed by atoms with Crippen LogP contribution in [0.2, 0.25) is 0 Å². The Morgan fingerprint density at radius 2 is 2.07 bits per heavy atom. The van der Waals surface area contributed by atoms with E-state index in [4.69, 9.17) is 4.98 Å². The number of nitrogens with one attached hydrogen (secondary N) is 2. The first-order chi connectivity index (χ1) is 13.5. The summed E-state index contributed by atoms with van der Waals surface area (Å²) in [6.07, 6.45) is 8.95. The van der Waals surface area contributed by atoms with Gasteiger partial charge in [0.25, 0.3) is 0 Å². The zero-order chi connectivity index (χ0) is 19.4. The molecule has 0 aromatic carbocycles. The first-order valence-corrected chi connectivity index (χ1v) is 9.67. The second-order valence-electron chi connectivity index (χ2n) is 8.02. The Labute approximate surface area is 161 Å². The van der Waals surface area contributed by atoms with Gasteiger partial charge in [-0.05, 0) is 43.6 Å². The van der Waals surface area contributed by atoms with E-state index in [1.54, 1.807) is 6.20 Å². The number of carboxylic acids is 1. The van der Waals surface area contributed by atoms with Crippen molar-refractivity contribution in [2.45, 2.75) is 31.7 Å². The lowest BCUT2D eigenvalue weighted by atomic mass is 9.61. The summed E-state index contributed by atoms with van der Waals surface area (Å²) in [4.78, 5) is 23.7. The number of anilines is 1. The van der Waals surface area contributed by atoms with E-state index in [1.165, 1.54) is 12.3 Å². The van der Waals surface area contributed by atoms with E-state index in [0.29, 0.717) is 28.6 Å². The predicted molar refractivity (Wildman–Crippen MR) is 102 cm³/mol. The Kier molecular flexibility index (Phi) is 3.89. The molecule has 3 fully saturated rings. The second-order valence-corrected chi connectivity index (χ2v) is 8.02. The summed E-state index contributed by atoms with van der Waals surface area (Å²) < 4.78 is 15.5. The molecule has 3 N–H and O–H groups in total. The van der Waals surface area contributed by atoms with Gasteiger partial charge in [-0.15, -0.1) is 0 Å². The number of halogens is 1. The summed E-state index contributed by atoms with van der Waals surface area (Å²) in [5, 5.41) is 13.8. The van der Waals surface area contributed by atoms with E-state index in [-0.39, 0.29) is 17.9 Å². The Balaban J connectivity index is 1.48. The summed E-state index contributed by atoms with van der Waals surface area (Å²) in [6.45, 7) is 0. The van der Waals surface area contributed by atoms with Crippen molar-refractivity contribution >= 4 is 22.8 Å². The van der Waals surface area contributed by atoms with Gasteiger partial charge in [-0.2, -0.15) is 0 Å². The molecule has 2 bridgehead atoms. The molecule has 8 heteroatoms. The van der Waals surface area contributed by atoms with Crippen molar-refractivity contribution in [1.82, 2.24) is 19.5 Å². The minimum absolute atomic E-state index is 0.102. The lowest BCUT2D eigenvalue weighted by Gasteiger charge is -2.47. The minimum atomic E-state index is -0.721. The van der Waals surface area contributed by atoms with Crippen LogP contribution in [0.25, 0.3) is 22.4 Å². The Morgan fingerprint density at radius 1 is 1.32 bits per heavy atom. The van der Waals surface area contributed by atoms with Gasteiger partial charge in [0.05, 0.1) is 12.1 Å². The number of rotatable bonds is 4. The van der Waals surface area contributed by atoms with E-state index in [9.17, 15) is 14.3 Å². The maximum atomic E-state index is 13.7. The molecule has 3 aromatic heterocycles. The monoisotopic (exact) mass is 383 g/mol. The summed E-state index contributed by atoms with van der Waals surface area (Å²) in [6, 6.07) is 1.34. The average molecular weight is 383 g/mol. The van der Waals surface area contributed by atoms with Gasteiger partial charge in [0.15, 0.2) is 0 Å². The topological polar surface area (TPSA) is 95.8 Å². The molecule has 0 radical (unpaired) electrons. The van der Waals surface area contributed by atoms with Crippen LogP contribution in [0.3, 0.4) is 0 Å². The molecular weight excluding hydrogens is 361 g/mol. The van der Waals surface area contributed by atoms with Crippen LogP contribution in [0.5, 0.6) is 0 Å². The molecule has 3 heterocycles. The molecule has 3 saturated carbocycles. The molecule has 0 amide bonds. The third-order valence-corrected chi connectivity index (χ3v) is 6.43. The SMILES string of the molecule is Cn1cc(NC2C3CCC(CC3)[C@@H]2C(=O)O)nc1-c1c[nH]c2ncc(F)cc12. The lowest BCUT2D eigenvalue weighted by Crippen LogP contribution is -2.51. The van der Waals surface area contributed by atoms with Crippen molar-refractivity contribution in [2.75, 3.05) is 5.32 Å². The third-order valence-electron chi connectivity index (χ3n) is 6.43. The van der Waals surface area contributed by atoms with E-state index >= 15 is 0 Å². The lowest BCUT2D eigenvalue weighted by molar-refractivity contribution is -0.148. The van der Waals surface area contributed by atoms with E-state index in [1.807, 2.05) is 17.8 Å². The largest absolute Gasteiger partial charge is 0.481 e. The fraction of sp³-hybridized carbons (Fsp3) is 0.450. The number of aliphatic carboxylic acids is 1. The molecule has 3 aliphatic carbocycles. The average Bonchev–Trinajstić information content (AvgIpc) is 3.24. The van der Waals surface area contributed by atoms with Gasteiger partial charge in [0.1, 0.15) is 23.1 Å². The van der Waals surface area contributed by atoms with Crippen molar-refractivity contribution in [2.24, 2.45) is 24.8 Å². The van der Waals surface area contributed by atoms with Crippen molar-refractivity contribution in [3.63, 3.8) is 0 Å². The summed E-state index contributed by atoms with van der Waals surface area (Å²) in [7, 11) is 1.88.